The first-order valence-corrected chi connectivity index (χ1v) is 5.11. The van der Waals surface area contributed by atoms with E-state index in [0.29, 0.717) is 11.4 Å². The largest absolute Gasteiger partial charge is 0.477 e. The molecule has 0 radical (unpaired) electrons. The zero-order chi connectivity index (χ0) is 12.5. The SMILES string of the molecule is O=C(O)c1cc(-c2ccccn2)nc2ncnn12. The van der Waals surface area contributed by atoms with Crippen molar-refractivity contribution in [2.45, 2.75) is 0 Å². The normalized spacial score (nSPS) is 10.7. The van der Waals surface area contributed by atoms with Gasteiger partial charge in [0.15, 0.2) is 5.69 Å². The van der Waals surface area contributed by atoms with Crippen molar-refractivity contribution in [3.8, 4) is 11.4 Å². The molecule has 3 rings (SSSR count). The van der Waals surface area contributed by atoms with Crippen LogP contribution in [0.15, 0.2) is 36.8 Å². The fourth-order valence-electron chi connectivity index (χ4n) is 1.61. The molecule has 0 aliphatic carbocycles. The summed E-state index contributed by atoms with van der Waals surface area (Å²) in [6, 6.07) is 6.75. The van der Waals surface area contributed by atoms with Crippen LogP contribution >= 0.6 is 0 Å². The quantitative estimate of drug-likeness (QED) is 0.716. The van der Waals surface area contributed by atoms with Crippen LogP contribution in [-0.4, -0.2) is 35.6 Å². The van der Waals surface area contributed by atoms with Crippen molar-refractivity contribution < 1.29 is 9.90 Å². The number of hydrogen-bond acceptors (Lipinski definition) is 5. The molecule has 7 nitrogen and oxygen atoms in total. The van der Waals surface area contributed by atoms with E-state index < -0.39 is 5.97 Å². The molecule has 0 saturated carbocycles. The van der Waals surface area contributed by atoms with Gasteiger partial charge in [-0.25, -0.2) is 9.78 Å². The molecule has 3 aromatic heterocycles. The van der Waals surface area contributed by atoms with Gasteiger partial charge in [-0.15, -0.1) is 0 Å². The summed E-state index contributed by atoms with van der Waals surface area (Å²) in [5.74, 6) is -0.861. The summed E-state index contributed by atoms with van der Waals surface area (Å²) in [5.41, 5.74) is 1.04. The fraction of sp³-hybridized carbons (Fsp3) is 0. The van der Waals surface area contributed by atoms with Crippen molar-refractivity contribution in [3.05, 3.63) is 42.5 Å². The lowest BCUT2D eigenvalue weighted by Gasteiger charge is -2.03. The Morgan fingerprint density at radius 2 is 2.11 bits per heavy atom. The number of carboxylic acid groups (broad SMARTS) is 1. The predicted octanol–water partition coefficient (Wildman–Crippen LogP) is 0.884. The summed E-state index contributed by atoms with van der Waals surface area (Å²) in [4.78, 5) is 23.4. The van der Waals surface area contributed by atoms with Crippen molar-refractivity contribution in [1.82, 2.24) is 24.6 Å². The Balaban J connectivity index is 2.29. The molecular weight excluding hydrogens is 234 g/mol. The van der Waals surface area contributed by atoms with E-state index in [9.17, 15) is 4.79 Å². The highest BCUT2D eigenvalue weighted by Gasteiger charge is 2.14. The maximum atomic E-state index is 11.2. The third kappa shape index (κ3) is 1.58. The van der Waals surface area contributed by atoms with Crippen LogP contribution in [0.4, 0.5) is 0 Å². The summed E-state index contributed by atoms with van der Waals surface area (Å²) >= 11 is 0. The standard InChI is InChI=1S/C11H7N5O2/c17-10(18)9-5-8(7-3-1-2-4-12-7)15-11-13-6-14-16(9)11/h1-6H,(H,17,18). The first-order valence-electron chi connectivity index (χ1n) is 5.11. The topological polar surface area (TPSA) is 93.3 Å². The van der Waals surface area contributed by atoms with Crippen LogP contribution in [-0.2, 0) is 0 Å². The maximum absolute atomic E-state index is 11.2. The number of aromatic carboxylic acids is 1. The third-order valence-corrected chi connectivity index (χ3v) is 2.40. The molecule has 0 saturated heterocycles. The van der Waals surface area contributed by atoms with Gasteiger partial charge in [0, 0.05) is 6.20 Å². The van der Waals surface area contributed by atoms with Crippen molar-refractivity contribution in [2.75, 3.05) is 0 Å². The van der Waals surface area contributed by atoms with Gasteiger partial charge in [0.2, 0.25) is 0 Å². The average molecular weight is 241 g/mol. The van der Waals surface area contributed by atoms with Gasteiger partial charge in [-0.1, -0.05) is 6.07 Å². The van der Waals surface area contributed by atoms with E-state index in [2.05, 4.69) is 20.1 Å². The van der Waals surface area contributed by atoms with Crippen LogP contribution in [0.1, 0.15) is 10.5 Å². The van der Waals surface area contributed by atoms with Crippen molar-refractivity contribution in [3.63, 3.8) is 0 Å². The molecule has 0 fully saturated rings. The molecule has 0 aliphatic rings. The van der Waals surface area contributed by atoms with Gasteiger partial charge >= 0.3 is 5.97 Å². The van der Waals surface area contributed by atoms with Gasteiger partial charge < -0.3 is 5.11 Å². The molecule has 0 spiro atoms. The second kappa shape index (κ2) is 3.88. The van der Waals surface area contributed by atoms with Crippen LogP contribution in [0.2, 0.25) is 0 Å². The Morgan fingerprint density at radius 3 is 2.83 bits per heavy atom. The Kier molecular flexibility index (Phi) is 2.23. The minimum atomic E-state index is -1.09. The summed E-state index contributed by atoms with van der Waals surface area (Å²) in [6.45, 7) is 0. The van der Waals surface area contributed by atoms with Crippen LogP contribution in [0, 0.1) is 0 Å². The summed E-state index contributed by atoms with van der Waals surface area (Å²) in [7, 11) is 0. The van der Waals surface area contributed by atoms with E-state index in [1.165, 1.54) is 16.9 Å². The highest BCUT2D eigenvalue weighted by molar-refractivity contribution is 5.87. The molecule has 18 heavy (non-hydrogen) atoms. The number of aromatic nitrogens is 5. The van der Waals surface area contributed by atoms with E-state index in [1.54, 1.807) is 24.4 Å². The monoisotopic (exact) mass is 241 g/mol. The number of nitrogens with zero attached hydrogens (tertiary/aromatic N) is 5. The first kappa shape index (κ1) is 10.3. The second-order valence-electron chi connectivity index (χ2n) is 3.52. The molecule has 0 aromatic carbocycles. The molecule has 3 heterocycles. The average Bonchev–Trinajstić information content (AvgIpc) is 2.86. The minimum Gasteiger partial charge on any atom is -0.477 e. The Bertz CT molecular complexity index is 723. The molecule has 7 heteroatoms. The van der Waals surface area contributed by atoms with Gasteiger partial charge in [-0.05, 0) is 18.2 Å². The number of pyridine rings is 1. The second-order valence-corrected chi connectivity index (χ2v) is 3.52. The number of carbonyl (C=O) groups is 1. The summed E-state index contributed by atoms with van der Waals surface area (Å²) in [6.07, 6.45) is 2.88. The molecule has 88 valence electrons. The van der Waals surface area contributed by atoms with Crippen molar-refractivity contribution >= 4 is 11.7 Å². The van der Waals surface area contributed by atoms with Crippen molar-refractivity contribution in [2.24, 2.45) is 0 Å². The zero-order valence-corrected chi connectivity index (χ0v) is 9.06. The lowest BCUT2D eigenvalue weighted by molar-refractivity contribution is 0.0687. The van der Waals surface area contributed by atoms with Crippen LogP contribution in [0.3, 0.4) is 0 Å². The number of rotatable bonds is 2. The van der Waals surface area contributed by atoms with Gasteiger partial charge in [-0.2, -0.15) is 14.6 Å². The molecule has 0 bridgehead atoms. The molecule has 0 atom stereocenters. The van der Waals surface area contributed by atoms with E-state index in [-0.39, 0.29) is 11.5 Å². The van der Waals surface area contributed by atoms with Crippen molar-refractivity contribution in [1.29, 1.82) is 0 Å². The summed E-state index contributed by atoms with van der Waals surface area (Å²) in [5, 5.41) is 13.0. The lowest BCUT2D eigenvalue weighted by atomic mass is 10.2. The predicted molar refractivity (Wildman–Crippen MR) is 61.0 cm³/mol. The highest BCUT2D eigenvalue weighted by atomic mass is 16.4. The minimum absolute atomic E-state index is 0.00171. The smallest absolute Gasteiger partial charge is 0.354 e. The van der Waals surface area contributed by atoms with Gasteiger partial charge in [0.05, 0.1) is 11.4 Å². The van der Waals surface area contributed by atoms with E-state index in [4.69, 9.17) is 5.11 Å². The van der Waals surface area contributed by atoms with Gasteiger partial charge in [0.1, 0.15) is 6.33 Å². The molecule has 3 aromatic rings. The maximum Gasteiger partial charge on any atom is 0.354 e. The number of carboxylic acids is 1. The highest BCUT2D eigenvalue weighted by Crippen LogP contribution is 2.16. The van der Waals surface area contributed by atoms with Crippen LogP contribution < -0.4 is 0 Å². The molecule has 0 amide bonds. The van der Waals surface area contributed by atoms with Crippen LogP contribution in [0.25, 0.3) is 17.2 Å². The molecular formula is C11H7N5O2. The zero-order valence-electron chi connectivity index (χ0n) is 9.06. The van der Waals surface area contributed by atoms with E-state index >= 15 is 0 Å². The van der Waals surface area contributed by atoms with Gasteiger partial charge in [0.25, 0.3) is 5.78 Å². The Hall–Kier alpha value is -2.83. The first-order chi connectivity index (χ1) is 8.75. The molecule has 0 unspecified atom stereocenters. The van der Waals surface area contributed by atoms with Crippen LogP contribution in [0.5, 0.6) is 0 Å². The van der Waals surface area contributed by atoms with Gasteiger partial charge in [-0.3, -0.25) is 4.98 Å². The molecule has 0 aliphatic heterocycles. The Morgan fingerprint density at radius 1 is 1.22 bits per heavy atom. The van der Waals surface area contributed by atoms with E-state index in [0.717, 1.165) is 0 Å². The fourth-order valence-corrected chi connectivity index (χ4v) is 1.61. The number of hydrogen-bond donors (Lipinski definition) is 1. The number of fused-ring (bicyclic) bond motifs is 1. The Labute approximate surface area is 101 Å². The molecule has 1 N–H and O–H groups in total. The van der Waals surface area contributed by atoms with E-state index in [1.807, 2.05) is 0 Å². The lowest BCUT2D eigenvalue weighted by Crippen LogP contribution is -2.08. The summed E-state index contributed by atoms with van der Waals surface area (Å²) < 4.78 is 1.18. The third-order valence-electron chi connectivity index (χ3n) is 2.40.